The van der Waals surface area contributed by atoms with Gasteiger partial charge in [-0.25, -0.2) is 4.98 Å². The molecule has 0 atom stereocenters. The fraction of sp³-hybridized carbons (Fsp3) is 0.333. The molecule has 1 amide bonds. The minimum Gasteiger partial charge on any atom is -0.334 e. The lowest BCUT2D eigenvalue weighted by atomic mass is 10.1. The summed E-state index contributed by atoms with van der Waals surface area (Å²) in [6.07, 6.45) is 1.42. The molecule has 6 nitrogen and oxygen atoms in total. The van der Waals surface area contributed by atoms with Crippen molar-refractivity contribution in [1.29, 1.82) is 0 Å². The molecule has 18 heavy (non-hydrogen) atoms. The highest BCUT2D eigenvalue weighted by molar-refractivity contribution is 5.94. The Balaban J connectivity index is 2.15. The van der Waals surface area contributed by atoms with E-state index in [9.17, 15) is 4.79 Å². The van der Waals surface area contributed by atoms with Crippen LogP contribution in [0.3, 0.4) is 0 Å². The number of hydrogen-bond acceptors (Lipinski definition) is 4. The van der Waals surface area contributed by atoms with Gasteiger partial charge in [-0.15, -0.1) is 0 Å². The van der Waals surface area contributed by atoms with E-state index in [0.717, 1.165) is 11.4 Å². The average Bonchev–Trinajstić information content (AvgIpc) is 2.81. The molecule has 0 aliphatic carbocycles. The number of aromatic amines is 1. The minimum atomic E-state index is -0.0728. The summed E-state index contributed by atoms with van der Waals surface area (Å²) in [4.78, 5) is 22.1. The van der Waals surface area contributed by atoms with Crippen LogP contribution in [0, 0.1) is 13.8 Å². The Kier molecular flexibility index (Phi) is 3.36. The van der Waals surface area contributed by atoms with Crippen LogP contribution in [0.15, 0.2) is 18.5 Å². The maximum Gasteiger partial charge on any atom is 0.255 e. The topological polar surface area (TPSA) is 74.8 Å². The third kappa shape index (κ3) is 2.53. The highest BCUT2D eigenvalue weighted by Crippen LogP contribution is 2.10. The SMILES string of the molecule is Cc1ccc(C(=O)N(C)Cc2ncn[nH]2)c(C)n1. The first-order valence-corrected chi connectivity index (χ1v) is 5.62. The number of aryl methyl sites for hydroxylation is 2. The predicted octanol–water partition coefficient (Wildman–Crippen LogP) is 1.09. The van der Waals surface area contributed by atoms with Gasteiger partial charge in [0.15, 0.2) is 0 Å². The van der Waals surface area contributed by atoms with Gasteiger partial charge in [0.25, 0.3) is 5.91 Å². The van der Waals surface area contributed by atoms with Gasteiger partial charge in [-0.1, -0.05) is 0 Å². The third-order valence-electron chi connectivity index (χ3n) is 2.65. The van der Waals surface area contributed by atoms with Gasteiger partial charge in [0.05, 0.1) is 17.8 Å². The summed E-state index contributed by atoms with van der Waals surface area (Å²) in [5.41, 5.74) is 2.26. The Morgan fingerprint density at radius 1 is 1.39 bits per heavy atom. The molecule has 94 valence electrons. The van der Waals surface area contributed by atoms with E-state index in [4.69, 9.17) is 0 Å². The van der Waals surface area contributed by atoms with E-state index in [1.54, 1.807) is 18.0 Å². The van der Waals surface area contributed by atoms with Crippen molar-refractivity contribution in [3.63, 3.8) is 0 Å². The van der Waals surface area contributed by atoms with Crippen molar-refractivity contribution in [2.45, 2.75) is 20.4 Å². The van der Waals surface area contributed by atoms with Crippen molar-refractivity contribution in [2.24, 2.45) is 0 Å². The van der Waals surface area contributed by atoms with E-state index >= 15 is 0 Å². The molecule has 2 aromatic heterocycles. The Labute approximate surface area is 105 Å². The number of hydrogen-bond donors (Lipinski definition) is 1. The lowest BCUT2D eigenvalue weighted by Gasteiger charge is -2.16. The number of aromatic nitrogens is 4. The summed E-state index contributed by atoms with van der Waals surface area (Å²) >= 11 is 0. The highest BCUT2D eigenvalue weighted by atomic mass is 16.2. The normalized spacial score (nSPS) is 10.4. The number of pyridine rings is 1. The third-order valence-corrected chi connectivity index (χ3v) is 2.65. The van der Waals surface area contributed by atoms with Gasteiger partial charge in [0, 0.05) is 12.7 Å². The standard InChI is InChI=1S/C12H15N5O/c1-8-4-5-10(9(2)15-8)12(18)17(3)6-11-13-7-14-16-11/h4-5,7H,6H2,1-3H3,(H,13,14,16). The van der Waals surface area contributed by atoms with E-state index in [1.807, 2.05) is 19.9 Å². The molecule has 0 saturated carbocycles. The number of amides is 1. The van der Waals surface area contributed by atoms with Crippen LogP contribution in [0.5, 0.6) is 0 Å². The van der Waals surface area contributed by atoms with Crippen molar-refractivity contribution < 1.29 is 4.79 Å². The molecule has 0 aliphatic heterocycles. The summed E-state index contributed by atoms with van der Waals surface area (Å²) in [7, 11) is 1.73. The molecule has 0 bridgehead atoms. The lowest BCUT2D eigenvalue weighted by Crippen LogP contribution is -2.27. The Hall–Kier alpha value is -2.24. The van der Waals surface area contributed by atoms with Crippen LogP contribution >= 0.6 is 0 Å². The fourth-order valence-electron chi connectivity index (χ4n) is 1.72. The predicted molar refractivity (Wildman–Crippen MR) is 65.9 cm³/mol. The molecule has 2 aromatic rings. The van der Waals surface area contributed by atoms with Crippen LogP contribution in [-0.2, 0) is 6.54 Å². The minimum absolute atomic E-state index is 0.0728. The van der Waals surface area contributed by atoms with Gasteiger partial charge in [-0.3, -0.25) is 14.9 Å². The monoisotopic (exact) mass is 245 g/mol. The summed E-state index contributed by atoms with van der Waals surface area (Å²) in [6.45, 7) is 4.13. The number of nitrogens with one attached hydrogen (secondary N) is 1. The maximum atomic E-state index is 12.2. The lowest BCUT2D eigenvalue weighted by molar-refractivity contribution is 0.0780. The Morgan fingerprint density at radius 2 is 2.17 bits per heavy atom. The van der Waals surface area contributed by atoms with Gasteiger partial charge in [0.1, 0.15) is 12.2 Å². The Bertz CT molecular complexity index is 550. The molecule has 2 rings (SSSR count). The molecule has 1 N–H and O–H groups in total. The van der Waals surface area contributed by atoms with E-state index in [0.29, 0.717) is 17.9 Å². The molecule has 0 radical (unpaired) electrons. The molecule has 0 fully saturated rings. The highest BCUT2D eigenvalue weighted by Gasteiger charge is 2.15. The average molecular weight is 245 g/mol. The second-order valence-electron chi connectivity index (χ2n) is 4.18. The zero-order valence-corrected chi connectivity index (χ0v) is 10.6. The van der Waals surface area contributed by atoms with E-state index in [2.05, 4.69) is 20.2 Å². The second kappa shape index (κ2) is 4.95. The molecule has 0 spiro atoms. The van der Waals surface area contributed by atoms with Gasteiger partial charge in [0.2, 0.25) is 0 Å². The van der Waals surface area contributed by atoms with E-state index in [-0.39, 0.29) is 5.91 Å². The summed E-state index contributed by atoms with van der Waals surface area (Å²) in [6, 6.07) is 3.64. The van der Waals surface area contributed by atoms with Crippen LogP contribution in [0.1, 0.15) is 27.6 Å². The van der Waals surface area contributed by atoms with Gasteiger partial charge < -0.3 is 4.90 Å². The smallest absolute Gasteiger partial charge is 0.255 e. The molecule has 2 heterocycles. The first kappa shape index (κ1) is 12.2. The van der Waals surface area contributed by atoms with E-state index in [1.165, 1.54) is 6.33 Å². The maximum absolute atomic E-state index is 12.2. The molecular formula is C12H15N5O. The molecule has 0 aliphatic rings. The largest absolute Gasteiger partial charge is 0.334 e. The van der Waals surface area contributed by atoms with Crippen LogP contribution in [-0.4, -0.2) is 38.0 Å². The van der Waals surface area contributed by atoms with Gasteiger partial charge in [-0.2, -0.15) is 5.10 Å². The second-order valence-corrected chi connectivity index (χ2v) is 4.18. The first-order valence-electron chi connectivity index (χ1n) is 5.62. The fourth-order valence-corrected chi connectivity index (χ4v) is 1.72. The van der Waals surface area contributed by atoms with Crippen LogP contribution in [0.25, 0.3) is 0 Å². The van der Waals surface area contributed by atoms with Crippen molar-refractivity contribution in [2.75, 3.05) is 7.05 Å². The molecule has 6 heteroatoms. The number of carbonyl (C=O) groups excluding carboxylic acids is 1. The van der Waals surface area contributed by atoms with Crippen molar-refractivity contribution >= 4 is 5.91 Å². The summed E-state index contributed by atoms with van der Waals surface area (Å²) in [5, 5.41) is 6.48. The number of rotatable bonds is 3. The number of H-pyrrole nitrogens is 1. The van der Waals surface area contributed by atoms with Gasteiger partial charge >= 0.3 is 0 Å². The zero-order valence-electron chi connectivity index (χ0n) is 10.6. The van der Waals surface area contributed by atoms with Crippen LogP contribution < -0.4 is 0 Å². The quantitative estimate of drug-likeness (QED) is 0.878. The first-order chi connectivity index (χ1) is 8.58. The van der Waals surface area contributed by atoms with Gasteiger partial charge in [-0.05, 0) is 26.0 Å². The van der Waals surface area contributed by atoms with Crippen molar-refractivity contribution in [3.8, 4) is 0 Å². The Morgan fingerprint density at radius 3 is 2.78 bits per heavy atom. The number of nitrogens with zero attached hydrogens (tertiary/aromatic N) is 4. The molecule has 0 aromatic carbocycles. The van der Waals surface area contributed by atoms with Crippen LogP contribution in [0.2, 0.25) is 0 Å². The number of carbonyl (C=O) groups is 1. The molecular weight excluding hydrogens is 230 g/mol. The molecule has 0 saturated heterocycles. The van der Waals surface area contributed by atoms with E-state index < -0.39 is 0 Å². The zero-order chi connectivity index (χ0) is 13.1. The summed E-state index contributed by atoms with van der Waals surface area (Å²) < 4.78 is 0. The summed E-state index contributed by atoms with van der Waals surface area (Å²) in [5.74, 6) is 0.583. The van der Waals surface area contributed by atoms with Crippen molar-refractivity contribution in [1.82, 2.24) is 25.1 Å². The van der Waals surface area contributed by atoms with Crippen LogP contribution in [0.4, 0.5) is 0 Å². The van der Waals surface area contributed by atoms with Crippen molar-refractivity contribution in [3.05, 3.63) is 41.2 Å². The molecule has 0 unspecified atom stereocenters.